The minimum atomic E-state index is -0.206. The molecule has 1 atom stereocenters. The van der Waals surface area contributed by atoms with E-state index in [1.165, 1.54) is 0 Å². The van der Waals surface area contributed by atoms with Gasteiger partial charge >= 0.3 is 0 Å². The van der Waals surface area contributed by atoms with Crippen LogP contribution >= 0.6 is 0 Å². The van der Waals surface area contributed by atoms with E-state index in [1.807, 2.05) is 6.92 Å². The molecular formula is C17H24N4O4. The highest BCUT2D eigenvalue weighted by atomic mass is 16.5. The molecule has 1 fully saturated rings. The standard InChI is InChI=1S/C17H24N4O4/c1-3-4-5-14-13(11(2)25-21-14)10-24-16-8-15(19-20-16)17(22)18-12-6-7-23-9-12/h8,12H,3-7,9-10H2,1-2H3,(H,18,22)(H,19,20)/t12-/m1/s1. The predicted molar refractivity (Wildman–Crippen MR) is 89.5 cm³/mol. The zero-order valence-corrected chi connectivity index (χ0v) is 14.6. The van der Waals surface area contributed by atoms with E-state index in [-0.39, 0.29) is 11.9 Å². The van der Waals surface area contributed by atoms with Crippen molar-refractivity contribution in [2.45, 2.75) is 52.2 Å². The van der Waals surface area contributed by atoms with Crippen molar-refractivity contribution in [2.75, 3.05) is 13.2 Å². The van der Waals surface area contributed by atoms with Gasteiger partial charge in [-0.25, -0.2) is 0 Å². The smallest absolute Gasteiger partial charge is 0.269 e. The van der Waals surface area contributed by atoms with Crippen LogP contribution in [0, 0.1) is 6.92 Å². The molecule has 0 unspecified atom stereocenters. The zero-order valence-electron chi connectivity index (χ0n) is 14.6. The quantitative estimate of drug-likeness (QED) is 0.758. The third-order valence-electron chi connectivity index (χ3n) is 4.26. The fourth-order valence-corrected chi connectivity index (χ4v) is 2.71. The zero-order chi connectivity index (χ0) is 17.6. The molecule has 1 amide bonds. The number of aromatic amines is 1. The minimum absolute atomic E-state index is 0.0564. The Morgan fingerprint density at radius 2 is 2.40 bits per heavy atom. The fraction of sp³-hybridized carbons (Fsp3) is 0.588. The van der Waals surface area contributed by atoms with Gasteiger partial charge in [-0.1, -0.05) is 18.5 Å². The van der Waals surface area contributed by atoms with Gasteiger partial charge in [0.15, 0.2) is 0 Å². The van der Waals surface area contributed by atoms with E-state index >= 15 is 0 Å². The molecule has 1 aliphatic rings. The summed E-state index contributed by atoms with van der Waals surface area (Å²) >= 11 is 0. The van der Waals surface area contributed by atoms with Gasteiger partial charge in [-0.05, 0) is 26.2 Å². The van der Waals surface area contributed by atoms with Gasteiger partial charge in [-0.15, -0.1) is 5.10 Å². The third-order valence-corrected chi connectivity index (χ3v) is 4.26. The number of aryl methyl sites for hydroxylation is 2. The fourth-order valence-electron chi connectivity index (χ4n) is 2.71. The lowest BCUT2D eigenvalue weighted by molar-refractivity contribution is 0.0925. The summed E-state index contributed by atoms with van der Waals surface area (Å²) in [5.41, 5.74) is 2.25. The van der Waals surface area contributed by atoms with Crippen LogP contribution in [0.25, 0.3) is 0 Å². The first kappa shape index (κ1) is 17.5. The molecule has 3 heterocycles. The van der Waals surface area contributed by atoms with Crippen molar-refractivity contribution >= 4 is 5.91 Å². The maximum absolute atomic E-state index is 12.2. The summed E-state index contributed by atoms with van der Waals surface area (Å²) in [6.07, 6.45) is 3.84. The van der Waals surface area contributed by atoms with E-state index in [1.54, 1.807) is 6.07 Å². The molecule has 3 rings (SSSR count). The first-order chi connectivity index (χ1) is 12.2. The molecule has 8 heteroatoms. The van der Waals surface area contributed by atoms with Gasteiger partial charge in [0, 0.05) is 12.7 Å². The predicted octanol–water partition coefficient (Wildman–Crippen LogP) is 2.15. The number of aromatic nitrogens is 3. The Kier molecular flexibility index (Phi) is 5.70. The number of rotatable bonds is 8. The van der Waals surface area contributed by atoms with Crippen molar-refractivity contribution in [1.82, 2.24) is 20.7 Å². The van der Waals surface area contributed by atoms with E-state index in [0.717, 1.165) is 42.7 Å². The first-order valence-corrected chi connectivity index (χ1v) is 8.68. The SMILES string of the molecule is CCCCc1noc(C)c1COc1cc(C(=O)N[C@@H]2CCOC2)[nH]n1. The Morgan fingerprint density at radius 3 is 3.16 bits per heavy atom. The summed E-state index contributed by atoms with van der Waals surface area (Å²) in [6, 6.07) is 1.65. The van der Waals surface area contributed by atoms with Crippen molar-refractivity contribution in [3.8, 4) is 5.88 Å². The van der Waals surface area contributed by atoms with Gasteiger partial charge in [0.05, 0.1) is 23.9 Å². The van der Waals surface area contributed by atoms with E-state index < -0.39 is 0 Å². The molecule has 0 aromatic carbocycles. The Morgan fingerprint density at radius 1 is 1.52 bits per heavy atom. The van der Waals surface area contributed by atoms with Crippen LogP contribution in [0.1, 0.15) is 53.7 Å². The second-order valence-electron chi connectivity index (χ2n) is 6.21. The average Bonchev–Trinajstić information content (AvgIpc) is 3.33. The maximum Gasteiger partial charge on any atom is 0.269 e. The van der Waals surface area contributed by atoms with E-state index in [9.17, 15) is 4.79 Å². The Bertz CT molecular complexity index is 703. The van der Waals surface area contributed by atoms with Crippen molar-refractivity contribution < 1.29 is 18.8 Å². The summed E-state index contributed by atoms with van der Waals surface area (Å²) in [5.74, 6) is 0.915. The molecule has 2 N–H and O–H groups in total. The van der Waals surface area contributed by atoms with Crippen molar-refractivity contribution in [3.05, 3.63) is 28.8 Å². The molecule has 0 spiro atoms. The van der Waals surface area contributed by atoms with Crippen LogP contribution in [0.3, 0.4) is 0 Å². The number of hydrogen-bond acceptors (Lipinski definition) is 6. The lowest BCUT2D eigenvalue weighted by Crippen LogP contribution is -2.35. The molecule has 136 valence electrons. The first-order valence-electron chi connectivity index (χ1n) is 8.68. The van der Waals surface area contributed by atoms with Crippen molar-refractivity contribution in [1.29, 1.82) is 0 Å². The summed E-state index contributed by atoms with van der Waals surface area (Å²) in [5, 5.41) is 13.7. The van der Waals surface area contributed by atoms with Gasteiger partial charge < -0.3 is 19.3 Å². The Balaban J connectivity index is 1.56. The molecule has 0 radical (unpaired) electrons. The van der Waals surface area contributed by atoms with Gasteiger partial charge in [-0.2, -0.15) is 0 Å². The highest BCUT2D eigenvalue weighted by Gasteiger charge is 2.20. The topological polar surface area (TPSA) is 102 Å². The van der Waals surface area contributed by atoms with E-state index in [2.05, 4.69) is 27.6 Å². The second kappa shape index (κ2) is 8.15. The molecule has 1 saturated heterocycles. The van der Waals surface area contributed by atoms with Gasteiger partial charge in [0.1, 0.15) is 18.1 Å². The molecule has 0 bridgehead atoms. The lowest BCUT2D eigenvalue weighted by Gasteiger charge is -2.08. The largest absolute Gasteiger partial charge is 0.472 e. The molecule has 2 aromatic heterocycles. The number of H-pyrrole nitrogens is 1. The average molecular weight is 348 g/mol. The Hall–Kier alpha value is -2.35. The number of hydrogen-bond donors (Lipinski definition) is 2. The maximum atomic E-state index is 12.2. The third kappa shape index (κ3) is 4.39. The van der Waals surface area contributed by atoms with Crippen LogP contribution in [0.15, 0.2) is 10.6 Å². The summed E-state index contributed by atoms with van der Waals surface area (Å²) in [4.78, 5) is 12.2. The van der Waals surface area contributed by atoms with Crippen LogP contribution in [0.2, 0.25) is 0 Å². The number of carbonyl (C=O) groups is 1. The summed E-state index contributed by atoms with van der Waals surface area (Å²) in [6.45, 7) is 5.55. The number of amides is 1. The van der Waals surface area contributed by atoms with Crippen LogP contribution in [-0.2, 0) is 17.8 Å². The lowest BCUT2D eigenvalue weighted by atomic mass is 10.1. The highest BCUT2D eigenvalue weighted by Crippen LogP contribution is 2.19. The molecule has 25 heavy (non-hydrogen) atoms. The van der Waals surface area contributed by atoms with Crippen molar-refractivity contribution in [3.63, 3.8) is 0 Å². The summed E-state index contributed by atoms with van der Waals surface area (Å²) in [7, 11) is 0. The van der Waals surface area contributed by atoms with Crippen molar-refractivity contribution in [2.24, 2.45) is 0 Å². The highest BCUT2D eigenvalue weighted by molar-refractivity contribution is 5.92. The molecular weight excluding hydrogens is 324 g/mol. The van der Waals surface area contributed by atoms with E-state index in [0.29, 0.717) is 31.4 Å². The van der Waals surface area contributed by atoms with Crippen LogP contribution in [-0.4, -0.2) is 40.5 Å². The number of nitrogens with one attached hydrogen (secondary N) is 2. The van der Waals surface area contributed by atoms with Crippen LogP contribution < -0.4 is 10.1 Å². The number of unbranched alkanes of at least 4 members (excludes halogenated alkanes) is 1. The molecule has 1 aliphatic heterocycles. The van der Waals surface area contributed by atoms with Gasteiger partial charge in [0.25, 0.3) is 5.91 Å². The molecule has 8 nitrogen and oxygen atoms in total. The minimum Gasteiger partial charge on any atom is -0.472 e. The van der Waals surface area contributed by atoms with E-state index in [4.69, 9.17) is 14.0 Å². The number of carbonyl (C=O) groups excluding carboxylic acids is 1. The van der Waals surface area contributed by atoms with Gasteiger partial charge in [0.2, 0.25) is 5.88 Å². The number of ether oxygens (including phenoxy) is 2. The molecule has 2 aromatic rings. The number of nitrogens with zero attached hydrogens (tertiary/aromatic N) is 2. The molecule has 0 saturated carbocycles. The normalized spacial score (nSPS) is 17.0. The van der Waals surface area contributed by atoms with Crippen LogP contribution in [0.4, 0.5) is 0 Å². The molecule has 0 aliphatic carbocycles. The monoisotopic (exact) mass is 348 g/mol. The van der Waals surface area contributed by atoms with Crippen LogP contribution in [0.5, 0.6) is 5.88 Å². The summed E-state index contributed by atoms with van der Waals surface area (Å²) < 4.78 is 16.2. The van der Waals surface area contributed by atoms with Gasteiger partial charge in [-0.3, -0.25) is 9.89 Å². The second-order valence-corrected chi connectivity index (χ2v) is 6.21. The Labute approximate surface area is 146 Å².